The highest BCUT2D eigenvalue weighted by Gasteiger charge is 2.17. The number of carbonyl (C=O) groups is 2. The van der Waals surface area contributed by atoms with E-state index in [1.807, 2.05) is 0 Å². The van der Waals surface area contributed by atoms with Gasteiger partial charge in [0.05, 0.1) is 6.61 Å². The minimum Gasteiger partial charge on any atom is -0.462 e. The molecular formula is C65H118O5. The maximum atomic E-state index is 12.9. The highest BCUT2D eigenvalue weighted by Crippen LogP contribution is 2.17. The third kappa shape index (κ3) is 58.2. The lowest BCUT2D eigenvalue weighted by atomic mass is 10.0. The van der Waals surface area contributed by atoms with Crippen LogP contribution in [0.25, 0.3) is 0 Å². The molecule has 0 bridgehead atoms. The van der Waals surface area contributed by atoms with E-state index in [-0.39, 0.29) is 25.2 Å². The lowest BCUT2D eigenvalue weighted by molar-refractivity contribution is -0.163. The number of rotatable bonds is 57. The standard InChI is InChI=1S/C65H118O5/c1-4-7-10-13-16-19-22-25-28-31-32-33-36-39-42-45-48-51-54-57-60-68-61-63(70-65(67)59-56-53-50-47-44-41-38-35-30-27-24-21-18-15-12-9-6-3)62-69-64(66)58-55-52-49-46-43-40-37-34-29-26-23-20-17-14-11-8-5-2/h8,11,17,20,25-26,28-29,37,40,63H,4-7,9-10,12-16,18-19,21-24,27,30-36,38-39,41-62H2,1-3H3/b11-8-,20-17-,28-25-,29-26-,40-37-. The molecule has 408 valence electrons. The fourth-order valence-corrected chi connectivity index (χ4v) is 8.97. The van der Waals surface area contributed by atoms with E-state index in [0.29, 0.717) is 19.4 Å². The zero-order valence-electron chi connectivity index (χ0n) is 47.0. The van der Waals surface area contributed by atoms with Gasteiger partial charge in [0.2, 0.25) is 0 Å². The molecule has 5 heteroatoms. The highest BCUT2D eigenvalue weighted by atomic mass is 16.6. The van der Waals surface area contributed by atoms with Crippen LogP contribution in [0.15, 0.2) is 60.8 Å². The molecule has 1 atom stereocenters. The van der Waals surface area contributed by atoms with Gasteiger partial charge in [-0.3, -0.25) is 9.59 Å². The van der Waals surface area contributed by atoms with Crippen molar-refractivity contribution in [3.8, 4) is 0 Å². The van der Waals surface area contributed by atoms with Crippen LogP contribution in [-0.4, -0.2) is 37.9 Å². The summed E-state index contributed by atoms with van der Waals surface area (Å²) in [6, 6.07) is 0. The first-order valence-electron chi connectivity index (χ1n) is 30.8. The van der Waals surface area contributed by atoms with Gasteiger partial charge >= 0.3 is 11.9 Å². The van der Waals surface area contributed by atoms with Gasteiger partial charge in [0, 0.05) is 19.4 Å². The van der Waals surface area contributed by atoms with Crippen molar-refractivity contribution in [1.29, 1.82) is 0 Å². The Morgan fingerprint density at radius 2 is 0.643 bits per heavy atom. The van der Waals surface area contributed by atoms with Crippen LogP contribution in [0, 0.1) is 0 Å². The summed E-state index contributed by atoms with van der Waals surface area (Å²) in [4.78, 5) is 25.6. The van der Waals surface area contributed by atoms with Crippen molar-refractivity contribution < 1.29 is 23.8 Å². The van der Waals surface area contributed by atoms with Crippen LogP contribution < -0.4 is 0 Å². The van der Waals surface area contributed by atoms with Crippen molar-refractivity contribution in [2.45, 2.75) is 322 Å². The number of hydrogen-bond donors (Lipinski definition) is 0. The first-order chi connectivity index (χ1) is 34.6. The summed E-state index contributed by atoms with van der Waals surface area (Å²) in [5.41, 5.74) is 0. The van der Waals surface area contributed by atoms with Gasteiger partial charge in [-0.2, -0.15) is 0 Å². The summed E-state index contributed by atoms with van der Waals surface area (Å²) >= 11 is 0. The van der Waals surface area contributed by atoms with Crippen LogP contribution in [0.1, 0.15) is 316 Å². The van der Waals surface area contributed by atoms with Crippen LogP contribution in [0.3, 0.4) is 0 Å². The lowest BCUT2D eigenvalue weighted by Crippen LogP contribution is -2.30. The third-order valence-corrected chi connectivity index (χ3v) is 13.5. The fourth-order valence-electron chi connectivity index (χ4n) is 8.97. The van der Waals surface area contributed by atoms with Crippen molar-refractivity contribution in [1.82, 2.24) is 0 Å². The molecule has 70 heavy (non-hydrogen) atoms. The molecule has 0 saturated carbocycles. The van der Waals surface area contributed by atoms with Crippen LogP contribution >= 0.6 is 0 Å². The Kier molecular flexibility index (Phi) is 58.8. The Balaban J connectivity index is 4.28. The van der Waals surface area contributed by atoms with E-state index in [4.69, 9.17) is 14.2 Å². The fraction of sp³-hybridized carbons (Fsp3) is 0.815. The molecule has 0 aliphatic heterocycles. The molecule has 1 unspecified atom stereocenters. The quantitative estimate of drug-likeness (QED) is 0.0345. The van der Waals surface area contributed by atoms with Gasteiger partial charge in [0.1, 0.15) is 6.61 Å². The molecule has 0 amide bonds. The van der Waals surface area contributed by atoms with E-state index in [9.17, 15) is 9.59 Å². The van der Waals surface area contributed by atoms with Gasteiger partial charge in [-0.05, 0) is 83.5 Å². The van der Waals surface area contributed by atoms with E-state index in [0.717, 1.165) is 83.5 Å². The molecule has 0 saturated heterocycles. The molecule has 0 spiro atoms. The molecule has 0 heterocycles. The van der Waals surface area contributed by atoms with Crippen LogP contribution in [0.5, 0.6) is 0 Å². The maximum absolute atomic E-state index is 12.9. The summed E-state index contributed by atoms with van der Waals surface area (Å²) in [5, 5.41) is 0. The van der Waals surface area contributed by atoms with E-state index >= 15 is 0 Å². The normalized spacial score (nSPS) is 12.6. The summed E-state index contributed by atoms with van der Waals surface area (Å²) < 4.78 is 17.5. The van der Waals surface area contributed by atoms with Gasteiger partial charge in [-0.25, -0.2) is 0 Å². The van der Waals surface area contributed by atoms with Gasteiger partial charge in [0.25, 0.3) is 0 Å². The molecule has 5 nitrogen and oxygen atoms in total. The molecule has 0 aromatic carbocycles. The van der Waals surface area contributed by atoms with Crippen molar-refractivity contribution >= 4 is 11.9 Å². The Morgan fingerprint density at radius 3 is 1.04 bits per heavy atom. The van der Waals surface area contributed by atoms with Gasteiger partial charge in [-0.1, -0.05) is 281 Å². The average Bonchev–Trinajstić information content (AvgIpc) is 3.36. The lowest BCUT2D eigenvalue weighted by Gasteiger charge is -2.18. The SMILES string of the molecule is CC/C=C\C/C=C\C/C=C\C/C=C\CCCCCCC(=O)OCC(COCCCCCCCCCCCC/C=C\CCCCCCCC)OC(=O)CCCCCCCCCCCCCCCCCCC. The third-order valence-electron chi connectivity index (χ3n) is 13.5. The Bertz CT molecular complexity index is 1200. The maximum Gasteiger partial charge on any atom is 0.306 e. The van der Waals surface area contributed by atoms with Gasteiger partial charge in [-0.15, -0.1) is 0 Å². The minimum atomic E-state index is -0.547. The monoisotopic (exact) mass is 979 g/mol. The number of carbonyl (C=O) groups excluding carboxylic acids is 2. The van der Waals surface area contributed by atoms with Crippen LogP contribution in [-0.2, 0) is 23.8 Å². The molecule has 0 radical (unpaired) electrons. The van der Waals surface area contributed by atoms with Crippen molar-refractivity contribution in [2.75, 3.05) is 19.8 Å². The second-order valence-corrected chi connectivity index (χ2v) is 20.6. The van der Waals surface area contributed by atoms with Gasteiger partial charge < -0.3 is 14.2 Å². The average molecular weight is 980 g/mol. The zero-order valence-corrected chi connectivity index (χ0v) is 47.0. The molecular weight excluding hydrogens is 861 g/mol. The van der Waals surface area contributed by atoms with E-state index in [1.54, 1.807) is 0 Å². The number of allylic oxidation sites excluding steroid dienone is 10. The zero-order chi connectivity index (χ0) is 50.6. The van der Waals surface area contributed by atoms with E-state index in [2.05, 4.69) is 81.5 Å². The van der Waals surface area contributed by atoms with Gasteiger partial charge in [0.15, 0.2) is 6.10 Å². The second-order valence-electron chi connectivity index (χ2n) is 20.6. The van der Waals surface area contributed by atoms with Crippen LogP contribution in [0.4, 0.5) is 0 Å². The molecule has 0 N–H and O–H groups in total. The number of ether oxygens (including phenoxy) is 3. The minimum absolute atomic E-state index is 0.0748. The van der Waals surface area contributed by atoms with E-state index < -0.39 is 6.10 Å². The Morgan fingerprint density at radius 1 is 0.329 bits per heavy atom. The first kappa shape index (κ1) is 67.6. The summed E-state index contributed by atoms with van der Waals surface area (Å²) in [7, 11) is 0. The summed E-state index contributed by atoms with van der Waals surface area (Å²) in [6.45, 7) is 7.74. The molecule has 0 fully saturated rings. The molecule has 0 aromatic heterocycles. The number of esters is 2. The number of hydrogen-bond acceptors (Lipinski definition) is 5. The number of unbranched alkanes of at least 4 members (excludes halogenated alkanes) is 36. The molecule has 0 aromatic rings. The topological polar surface area (TPSA) is 61.8 Å². The predicted molar refractivity (Wildman–Crippen MR) is 307 cm³/mol. The van der Waals surface area contributed by atoms with Crippen LogP contribution in [0.2, 0.25) is 0 Å². The van der Waals surface area contributed by atoms with Crippen molar-refractivity contribution in [3.63, 3.8) is 0 Å². The molecule has 0 aliphatic rings. The Hall–Kier alpha value is -2.40. The van der Waals surface area contributed by atoms with Crippen molar-refractivity contribution in [2.24, 2.45) is 0 Å². The molecule has 0 rings (SSSR count). The second kappa shape index (κ2) is 60.9. The highest BCUT2D eigenvalue weighted by molar-refractivity contribution is 5.70. The van der Waals surface area contributed by atoms with Crippen molar-refractivity contribution in [3.05, 3.63) is 60.8 Å². The smallest absolute Gasteiger partial charge is 0.306 e. The Labute approximate surface area is 436 Å². The molecule has 0 aliphatic carbocycles. The summed E-state index contributed by atoms with van der Waals surface area (Å²) in [5.74, 6) is -0.408. The summed E-state index contributed by atoms with van der Waals surface area (Å²) in [6.07, 6.45) is 78.2. The predicted octanol–water partition coefficient (Wildman–Crippen LogP) is 21.2. The first-order valence-corrected chi connectivity index (χ1v) is 30.8. The largest absolute Gasteiger partial charge is 0.462 e. The van der Waals surface area contributed by atoms with E-state index in [1.165, 1.54) is 199 Å².